The minimum Gasteiger partial charge on any atom is -0.444 e. The zero-order chi connectivity index (χ0) is 30.5. The van der Waals surface area contributed by atoms with Gasteiger partial charge in [-0.15, -0.1) is 0 Å². The standard InChI is InChI=1S/C32H42N6O4/c1-8-9-18-38(30(40)42-32(5,6)7)28-34-21-25(36-28)23-15-12-22(13-16-23)14-17-24-20-33-27(35-24)26-11-10-19-37(26)29(39)41-31(2,3)4/h12-13,15-16,20-21,26H,8-11,18-19H2,1-7H3,(H,33,35)(H,34,36)/t26-/m0/s1. The second kappa shape index (κ2) is 12.7. The molecule has 4 rings (SSSR count). The number of nitrogens with one attached hydrogen (secondary N) is 2. The second-order valence-corrected chi connectivity index (χ2v) is 12.4. The van der Waals surface area contributed by atoms with Gasteiger partial charge >= 0.3 is 12.2 Å². The van der Waals surface area contributed by atoms with E-state index in [4.69, 9.17) is 9.47 Å². The lowest BCUT2D eigenvalue weighted by molar-refractivity contribution is 0.0218. The number of hydrogen-bond acceptors (Lipinski definition) is 6. The number of carbonyl (C=O) groups is 2. The molecule has 1 aliphatic rings. The number of amides is 2. The van der Waals surface area contributed by atoms with E-state index >= 15 is 0 Å². The molecule has 2 aromatic heterocycles. The Bertz CT molecular complexity index is 1430. The normalized spacial score (nSPS) is 15.2. The number of imidazole rings is 2. The third kappa shape index (κ3) is 8.15. The van der Waals surface area contributed by atoms with E-state index in [0.29, 0.717) is 30.6 Å². The first kappa shape index (κ1) is 30.7. The summed E-state index contributed by atoms with van der Waals surface area (Å²) in [6.45, 7) is 14.4. The summed E-state index contributed by atoms with van der Waals surface area (Å²) < 4.78 is 11.2. The molecule has 42 heavy (non-hydrogen) atoms. The summed E-state index contributed by atoms with van der Waals surface area (Å²) in [7, 11) is 0. The number of likely N-dealkylation sites (tertiary alicyclic amines) is 1. The highest BCUT2D eigenvalue weighted by Crippen LogP contribution is 2.31. The Kier molecular flexibility index (Phi) is 9.30. The fourth-order valence-electron chi connectivity index (χ4n) is 4.54. The van der Waals surface area contributed by atoms with E-state index in [9.17, 15) is 9.59 Å². The summed E-state index contributed by atoms with van der Waals surface area (Å²) >= 11 is 0. The lowest BCUT2D eigenvalue weighted by atomic mass is 10.1. The highest BCUT2D eigenvalue weighted by atomic mass is 16.6. The molecule has 10 heteroatoms. The Labute approximate surface area is 248 Å². The fourth-order valence-corrected chi connectivity index (χ4v) is 4.54. The first-order valence-corrected chi connectivity index (χ1v) is 14.6. The summed E-state index contributed by atoms with van der Waals surface area (Å²) in [6, 6.07) is 7.60. The Morgan fingerprint density at radius 1 is 1.07 bits per heavy atom. The van der Waals surface area contributed by atoms with Gasteiger partial charge in [0.15, 0.2) is 0 Å². The topological polar surface area (TPSA) is 116 Å². The molecule has 1 aliphatic heterocycles. The maximum atomic E-state index is 12.8. The maximum absolute atomic E-state index is 12.8. The van der Waals surface area contributed by atoms with Gasteiger partial charge in [0.1, 0.15) is 22.7 Å². The molecule has 1 atom stereocenters. The van der Waals surface area contributed by atoms with Crippen molar-refractivity contribution >= 4 is 18.1 Å². The van der Waals surface area contributed by atoms with Gasteiger partial charge in [0, 0.05) is 30.4 Å². The second-order valence-electron chi connectivity index (χ2n) is 12.4. The van der Waals surface area contributed by atoms with Crippen molar-refractivity contribution in [1.82, 2.24) is 24.8 Å². The van der Waals surface area contributed by atoms with Gasteiger partial charge in [-0.05, 0) is 78.9 Å². The average Bonchev–Trinajstić information content (AvgIpc) is 3.67. The van der Waals surface area contributed by atoms with E-state index in [1.54, 1.807) is 22.2 Å². The molecule has 2 N–H and O–H groups in total. The number of nitrogens with zero attached hydrogens (tertiary/aromatic N) is 4. The van der Waals surface area contributed by atoms with Crippen LogP contribution in [0, 0.1) is 11.8 Å². The van der Waals surface area contributed by atoms with Gasteiger partial charge in [0.25, 0.3) is 0 Å². The minimum absolute atomic E-state index is 0.151. The average molecular weight is 575 g/mol. The van der Waals surface area contributed by atoms with Crippen molar-refractivity contribution < 1.29 is 19.1 Å². The number of aromatic amines is 2. The van der Waals surface area contributed by atoms with Crippen molar-refractivity contribution in [2.45, 2.75) is 91.4 Å². The van der Waals surface area contributed by atoms with Crippen LogP contribution < -0.4 is 4.90 Å². The summed E-state index contributed by atoms with van der Waals surface area (Å²) in [4.78, 5) is 44.3. The number of ether oxygens (including phenoxy) is 2. The Morgan fingerprint density at radius 3 is 2.45 bits per heavy atom. The number of rotatable bonds is 6. The van der Waals surface area contributed by atoms with E-state index in [1.807, 2.05) is 65.8 Å². The first-order valence-electron chi connectivity index (χ1n) is 14.6. The summed E-state index contributed by atoms with van der Waals surface area (Å²) in [5, 5.41) is 0. The molecule has 2 amide bonds. The van der Waals surface area contributed by atoms with Crippen LogP contribution in [0.1, 0.15) is 97.3 Å². The lowest BCUT2D eigenvalue weighted by Crippen LogP contribution is -2.38. The molecule has 10 nitrogen and oxygen atoms in total. The lowest BCUT2D eigenvalue weighted by Gasteiger charge is -2.27. The zero-order valence-corrected chi connectivity index (χ0v) is 25.7. The fraction of sp³-hybridized carbons (Fsp3) is 0.500. The van der Waals surface area contributed by atoms with Crippen LogP contribution in [0.5, 0.6) is 0 Å². The number of H-pyrrole nitrogens is 2. The third-order valence-corrected chi connectivity index (χ3v) is 6.48. The highest BCUT2D eigenvalue weighted by Gasteiger charge is 2.34. The van der Waals surface area contributed by atoms with Gasteiger partial charge in [-0.2, -0.15) is 0 Å². The van der Waals surface area contributed by atoms with Gasteiger partial charge in [-0.3, -0.25) is 4.90 Å². The molecule has 1 aromatic carbocycles. The monoisotopic (exact) mass is 574 g/mol. The van der Waals surface area contributed by atoms with E-state index < -0.39 is 17.3 Å². The van der Waals surface area contributed by atoms with Crippen LogP contribution in [0.2, 0.25) is 0 Å². The molecule has 1 fully saturated rings. The van der Waals surface area contributed by atoms with Crippen LogP contribution in [0.15, 0.2) is 36.7 Å². The van der Waals surface area contributed by atoms with Gasteiger partial charge < -0.3 is 19.4 Å². The molecular weight excluding hydrogens is 532 g/mol. The molecule has 224 valence electrons. The number of carbonyl (C=O) groups excluding carboxylic acids is 2. The van der Waals surface area contributed by atoms with Crippen molar-refractivity contribution in [2.24, 2.45) is 0 Å². The van der Waals surface area contributed by atoms with Crippen LogP contribution in [-0.2, 0) is 9.47 Å². The summed E-state index contributed by atoms with van der Waals surface area (Å²) in [5.41, 5.74) is 1.99. The van der Waals surface area contributed by atoms with Crippen LogP contribution in [0.25, 0.3) is 11.3 Å². The molecule has 0 saturated carbocycles. The zero-order valence-electron chi connectivity index (χ0n) is 25.7. The van der Waals surface area contributed by atoms with Crippen molar-refractivity contribution in [1.29, 1.82) is 0 Å². The summed E-state index contributed by atoms with van der Waals surface area (Å²) in [6.07, 6.45) is 6.24. The Balaban J connectivity index is 1.43. The van der Waals surface area contributed by atoms with Gasteiger partial charge in [-0.25, -0.2) is 24.5 Å². The van der Waals surface area contributed by atoms with Crippen molar-refractivity contribution in [3.8, 4) is 23.1 Å². The predicted octanol–water partition coefficient (Wildman–Crippen LogP) is 6.81. The SMILES string of the molecule is CCCCN(C(=O)OC(C)(C)C)c1nc(-c2ccc(C#Cc3cnc([C@@H]4CCCN4C(=O)OC(C)(C)C)[nH]3)cc2)c[nH]1. The Hall–Kier alpha value is -4.26. The molecule has 3 heterocycles. The maximum Gasteiger partial charge on any atom is 0.417 e. The molecule has 0 bridgehead atoms. The number of hydrogen-bond donors (Lipinski definition) is 2. The number of benzene rings is 1. The van der Waals surface area contributed by atoms with Crippen LogP contribution in [-0.4, -0.2) is 61.3 Å². The Morgan fingerprint density at radius 2 is 1.79 bits per heavy atom. The van der Waals surface area contributed by atoms with Crippen LogP contribution in [0.4, 0.5) is 15.5 Å². The van der Waals surface area contributed by atoms with E-state index in [0.717, 1.165) is 42.5 Å². The molecule has 0 unspecified atom stereocenters. The molecule has 0 spiro atoms. The van der Waals surface area contributed by atoms with Crippen LogP contribution in [0.3, 0.4) is 0 Å². The number of aromatic nitrogens is 4. The van der Waals surface area contributed by atoms with Crippen molar-refractivity contribution in [3.63, 3.8) is 0 Å². The molecule has 0 radical (unpaired) electrons. The largest absolute Gasteiger partial charge is 0.444 e. The van der Waals surface area contributed by atoms with Gasteiger partial charge in [0.2, 0.25) is 5.95 Å². The van der Waals surface area contributed by atoms with Gasteiger partial charge in [0.05, 0.1) is 17.9 Å². The molecule has 3 aromatic rings. The molecule has 1 saturated heterocycles. The molecular formula is C32H42N6O4. The summed E-state index contributed by atoms with van der Waals surface area (Å²) in [5.74, 6) is 7.47. The van der Waals surface area contributed by atoms with E-state index in [2.05, 4.69) is 38.7 Å². The third-order valence-electron chi connectivity index (χ3n) is 6.48. The smallest absolute Gasteiger partial charge is 0.417 e. The number of anilines is 1. The van der Waals surface area contributed by atoms with Crippen LogP contribution >= 0.6 is 0 Å². The minimum atomic E-state index is -0.595. The highest BCUT2D eigenvalue weighted by molar-refractivity contribution is 5.86. The predicted molar refractivity (Wildman–Crippen MR) is 162 cm³/mol. The first-order chi connectivity index (χ1) is 19.8. The van der Waals surface area contributed by atoms with Crippen molar-refractivity contribution in [2.75, 3.05) is 18.0 Å². The number of unbranched alkanes of at least 4 members (excludes halogenated alkanes) is 1. The van der Waals surface area contributed by atoms with E-state index in [1.165, 1.54) is 0 Å². The van der Waals surface area contributed by atoms with Crippen molar-refractivity contribution in [3.05, 3.63) is 53.7 Å². The quantitative estimate of drug-likeness (QED) is 0.312. The van der Waals surface area contributed by atoms with E-state index in [-0.39, 0.29) is 12.1 Å². The molecule has 0 aliphatic carbocycles. The van der Waals surface area contributed by atoms with Gasteiger partial charge in [-0.1, -0.05) is 31.4 Å².